The van der Waals surface area contributed by atoms with E-state index in [1.54, 1.807) is 11.3 Å². The zero-order chi connectivity index (χ0) is 18.6. The number of alkyl halides is 3. The Labute approximate surface area is 172 Å². The van der Waals surface area contributed by atoms with Crippen molar-refractivity contribution in [2.24, 2.45) is 5.73 Å². The molecule has 0 amide bonds. The van der Waals surface area contributed by atoms with Crippen LogP contribution in [-0.2, 0) is 6.61 Å². The van der Waals surface area contributed by atoms with Crippen molar-refractivity contribution >= 4 is 46.1 Å². The third kappa shape index (κ3) is 4.93. The van der Waals surface area contributed by atoms with Crippen LogP contribution in [0, 0.1) is 0 Å². The maximum Gasteiger partial charge on any atom is 0.199 e. The largest absolute Gasteiger partial charge is 0.489 e. The van der Waals surface area contributed by atoms with E-state index in [0.717, 1.165) is 21.8 Å². The lowest BCUT2D eigenvalue weighted by Gasteiger charge is -2.30. The second-order valence-corrected chi connectivity index (χ2v) is 9.25. The van der Waals surface area contributed by atoms with E-state index >= 15 is 0 Å². The zero-order valence-electron chi connectivity index (χ0n) is 13.8. The minimum absolute atomic E-state index is 0.404. The molecular formula is C20H18Cl3NOS. The Morgan fingerprint density at radius 1 is 0.923 bits per heavy atom. The van der Waals surface area contributed by atoms with E-state index in [1.165, 1.54) is 0 Å². The van der Waals surface area contributed by atoms with Gasteiger partial charge in [0.1, 0.15) is 12.4 Å². The highest BCUT2D eigenvalue weighted by atomic mass is 35.6. The van der Waals surface area contributed by atoms with Crippen molar-refractivity contribution in [2.45, 2.75) is 22.4 Å². The van der Waals surface area contributed by atoms with Gasteiger partial charge in [-0.1, -0.05) is 83.3 Å². The van der Waals surface area contributed by atoms with Crippen molar-refractivity contribution in [3.8, 4) is 5.75 Å². The molecule has 0 bridgehead atoms. The summed E-state index contributed by atoms with van der Waals surface area (Å²) in [5, 5.41) is 1.96. The summed E-state index contributed by atoms with van der Waals surface area (Å²) in [5.74, 6) is 0.291. The van der Waals surface area contributed by atoms with Gasteiger partial charge in [-0.25, -0.2) is 0 Å². The highest BCUT2D eigenvalue weighted by Crippen LogP contribution is 2.48. The third-order valence-corrected chi connectivity index (χ3v) is 5.75. The van der Waals surface area contributed by atoms with Crippen molar-refractivity contribution in [3.05, 3.63) is 88.1 Å². The van der Waals surface area contributed by atoms with Gasteiger partial charge in [0.15, 0.2) is 3.79 Å². The first-order valence-electron chi connectivity index (χ1n) is 8.07. The van der Waals surface area contributed by atoms with E-state index in [2.05, 4.69) is 0 Å². The molecule has 0 aliphatic heterocycles. The first-order chi connectivity index (χ1) is 12.4. The number of benzene rings is 2. The Morgan fingerprint density at radius 2 is 1.62 bits per heavy atom. The van der Waals surface area contributed by atoms with Crippen LogP contribution in [0.2, 0.25) is 0 Å². The number of ether oxygens (including phenoxy) is 1. The molecule has 0 saturated heterocycles. The maximum atomic E-state index is 6.40. The molecule has 1 heterocycles. The number of rotatable bonds is 6. The lowest BCUT2D eigenvalue weighted by atomic mass is 9.92. The van der Waals surface area contributed by atoms with Gasteiger partial charge < -0.3 is 10.5 Å². The van der Waals surface area contributed by atoms with E-state index in [9.17, 15) is 0 Å². The molecule has 1 aromatic heterocycles. The van der Waals surface area contributed by atoms with Crippen LogP contribution in [0.5, 0.6) is 5.75 Å². The minimum Gasteiger partial charge on any atom is -0.489 e. The van der Waals surface area contributed by atoms with E-state index < -0.39 is 15.8 Å². The molecule has 2 nitrogen and oxygen atoms in total. The minimum atomic E-state index is -1.52. The Morgan fingerprint density at radius 3 is 2.19 bits per heavy atom. The smallest absolute Gasteiger partial charge is 0.199 e. The van der Waals surface area contributed by atoms with Gasteiger partial charge in [0.25, 0.3) is 0 Å². The Hall–Kier alpha value is -1.23. The van der Waals surface area contributed by atoms with E-state index in [4.69, 9.17) is 45.3 Å². The molecule has 0 saturated carbocycles. The van der Waals surface area contributed by atoms with Gasteiger partial charge in [-0.15, -0.1) is 11.3 Å². The summed E-state index contributed by atoms with van der Waals surface area (Å²) in [7, 11) is 0. The monoisotopic (exact) mass is 425 g/mol. The molecular weight excluding hydrogens is 409 g/mol. The van der Waals surface area contributed by atoms with Crippen LogP contribution in [0.3, 0.4) is 0 Å². The SMILES string of the molecule is NC(c1cccs1)C(c1ccc(OCc2ccccc2)cc1)C(Cl)(Cl)Cl. The number of hydrogen-bond donors (Lipinski definition) is 1. The van der Waals surface area contributed by atoms with Crippen molar-refractivity contribution in [1.82, 2.24) is 0 Å². The highest BCUT2D eigenvalue weighted by Gasteiger charge is 2.39. The molecule has 2 N–H and O–H groups in total. The van der Waals surface area contributed by atoms with E-state index in [1.807, 2.05) is 72.1 Å². The lowest BCUT2D eigenvalue weighted by Crippen LogP contribution is -2.29. The molecule has 0 spiro atoms. The quantitative estimate of drug-likeness (QED) is 0.458. The zero-order valence-corrected chi connectivity index (χ0v) is 16.9. The fourth-order valence-electron chi connectivity index (χ4n) is 2.76. The van der Waals surface area contributed by atoms with Gasteiger partial charge in [0, 0.05) is 4.88 Å². The second kappa shape index (κ2) is 8.64. The summed E-state index contributed by atoms with van der Waals surface area (Å²) in [6, 6.07) is 21.0. The van der Waals surface area contributed by atoms with Gasteiger partial charge in [-0.2, -0.15) is 0 Å². The first-order valence-corrected chi connectivity index (χ1v) is 10.1. The van der Waals surface area contributed by atoms with Gasteiger partial charge in [-0.05, 0) is 34.7 Å². The van der Waals surface area contributed by atoms with Crippen LogP contribution in [0.15, 0.2) is 72.1 Å². The fourth-order valence-corrected chi connectivity index (χ4v) is 4.31. The molecule has 2 atom stereocenters. The van der Waals surface area contributed by atoms with Crippen LogP contribution in [0.25, 0.3) is 0 Å². The van der Waals surface area contributed by atoms with Crippen molar-refractivity contribution in [1.29, 1.82) is 0 Å². The van der Waals surface area contributed by atoms with E-state index in [-0.39, 0.29) is 0 Å². The van der Waals surface area contributed by atoms with Gasteiger partial charge in [-0.3, -0.25) is 0 Å². The first kappa shape index (κ1) is 19.5. The van der Waals surface area contributed by atoms with Crippen LogP contribution in [0.1, 0.15) is 28.0 Å². The van der Waals surface area contributed by atoms with Crippen LogP contribution in [0.4, 0.5) is 0 Å². The number of thiophene rings is 1. The average Bonchev–Trinajstić information content (AvgIpc) is 3.16. The molecule has 0 fully saturated rings. The molecule has 3 rings (SSSR count). The lowest BCUT2D eigenvalue weighted by molar-refractivity contribution is 0.306. The van der Waals surface area contributed by atoms with Crippen LogP contribution in [-0.4, -0.2) is 3.79 Å². The second-order valence-electron chi connectivity index (χ2n) is 5.90. The molecule has 26 heavy (non-hydrogen) atoms. The predicted octanol–water partition coefficient (Wildman–Crippen LogP) is 6.48. The van der Waals surface area contributed by atoms with Crippen molar-refractivity contribution in [2.75, 3.05) is 0 Å². The number of hydrogen-bond acceptors (Lipinski definition) is 3. The number of nitrogens with two attached hydrogens (primary N) is 1. The Balaban J connectivity index is 1.76. The molecule has 0 aliphatic carbocycles. The number of halogens is 3. The summed E-state index contributed by atoms with van der Waals surface area (Å²) < 4.78 is 4.30. The topological polar surface area (TPSA) is 35.2 Å². The van der Waals surface area contributed by atoms with Gasteiger partial charge in [0.05, 0.1) is 12.0 Å². The molecule has 136 valence electrons. The van der Waals surface area contributed by atoms with E-state index in [0.29, 0.717) is 6.61 Å². The molecule has 6 heteroatoms. The van der Waals surface area contributed by atoms with Crippen molar-refractivity contribution < 1.29 is 4.74 Å². The molecule has 0 aliphatic rings. The summed E-state index contributed by atoms with van der Waals surface area (Å²) in [4.78, 5) is 0.978. The molecule has 0 radical (unpaired) electrons. The molecule has 3 aromatic rings. The van der Waals surface area contributed by atoms with Crippen molar-refractivity contribution in [3.63, 3.8) is 0 Å². The maximum absolute atomic E-state index is 6.40. The predicted molar refractivity (Wildman–Crippen MR) is 111 cm³/mol. The summed E-state index contributed by atoms with van der Waals surface area (Å²) in [6.07, 6.45) is 0. The van der Waals surface area contributed by atoms with Gasteiger partial charge in [0.2, 0.25) is 0 Å². The molecule has 2 unspecified atom stereocenters. The van der Waals surface area contributed by atoms with Crippen LogP contribution >= 0.6 is 46.1 Å². The standard InChI is InChI=1S/C20H18Cl3NOS/c21-20(22,23)18(19(24)17-7-4-12-26-17)15-8-10-16(11-9-15)25-13-14-5-2-1-3-6-14/h1-12,18-19H,13,24H2. The Kier molecular flexibility index (Phi) is 6.49. The van der Waals surface area contributed by atoms with Gasteiger partial charge >= 0.3 is 0 Å². The summed E-state index contributed by atoms with van der Waals surface area (Å²) >= 11 is 20.3. The summed E-state index contributed by atoms with van der Waals surface area (Å²) in [5.41, 5.74) is 8.37. The Bertz CT molecular complexity index is 801. The highest BCUT2D eigenvalue weighted by molar-refractivity contribution is 7.10. The normalized spacial score (nSPS) is 14.0. The molecule has 2 aromatic carbocycles. The summed E-state index contributed by atoms with van der Waals surface area (Å²) in [6.45, 7) is 0.503. The fraction of sp³-hybridized carbons (Fsp3) is 0.200. The third-order valence-electron chi connectivity index (χ3n) is 4.07. The average molecular weight is 427 g/mol. The van der Waals surface area contributed by atoms with Crippen LogP contribution < -0.4 is 10.5 Å².